The molecular weight excluding hydrogens is 426 g/mol. The molecule has 4 rings (SSSR count). The molecule has 0 bridgehead atoms. The molecule has 2 aromatic carbocycles. The molecule has 1 aliphatic rings. The quantitative estimate of drug-likeness (QED) is 0.476. The van der Waals surface area contributed by atoms with Crippen LogP contribution in [0.1, 0.15) is 28.1 Å². The minimum Gasteiger partial charge on any atom is -0.332 e. The van der Waals surface area contributed by atoms with E-state index in [1.807, 2.05) is 43.3 Å². The molecule has 0 unspecified atom stereocenters. The average molecular weight is 444 g/mol. The van der Waals surface area contributed by atoms with Crippen molar-refractivity contribution in [2.24, 2.45) is 5.92 Å². The fourth-order valence-corrected chi connectivity index (χ4v) is 4.52. The van der Waals surface area contributed by atoms with Crippen molar-refractivity contribution in [2.45, 2.75) is 19.8 Å². The first-order valence-electron chi connectivity index (χ1n) is 9.13. The summed E-state index contributed by atoms with van der Waals surface area (Å²) in [5, 5.41) is 10.0. The van der Waals surface area contributed by atoms with Gasteiger partial charge in [-0.3, -0.25) is 14.9 Å². The van der Waals surface area contributed by atoms with E-state index in [2.05, 4.69) is 16.0 Å². The molecule has 1 aromatic heterocycles. The second kappa shape index (κ2) is 8.10. The van der Waals surface area contributed by atoms with Gasteiger partial charge in [-0.2, -0.15) is 0 Å². The van der Waals surface area contributed by atoms with Gasteiger partial charge in [0.25, 0.3) is 5.91 Å². The molecule has 1 heterocycles. The Labute approximate surface area is 182 Å². The molecule has 8 heteroatoms. The topological polar surface area (TPSA) is 70.2 Å². The highest BCUT2D eigenvalue weighted by atomic mass is 35.5. The Kier molecular flexibility index (Phi) is 5.54. The Morgan fingerprint density at radius 2 is 1.90 bits per heavy atom. The molecule has 1 fully saturated rings. The highest BCUT2D eigenvalue weighted by molar-refractivity contribution is 7.80. The number of rotatable bonds is 4. The fourth-order valence-electron chi connectivity index (χ4n) is 2.90. The van der Waals surface area contributed by atoms with Crippen LogP contribution in [-0.2, 0) is 4.79 Å². The van der Waals surface area contributed by atoms with Crippen LogP contribution in [0.2, 0.25) is 5.02 Å². The minimum atomic E-state index is -0.358. The van der Waals surface area contributed by atoms with Crippen LogP contribution in [0.25, 0.3) is 10.1 Å². The van der Waals surface area contributed by atoms with Crippen molar-refractivity contribution < 1.29 is 9.59 Å². The number of fused-ring (bicyclic) bond motifs is 1. The number of amides is 2. The average Bonchev–Trinajstić information content (AvgIpc) is 3.49. The summed E-state index contributed by atoms with van der Waals surface area (Å²) in [5.41, 5.74) is 2.36. The molecule has 5 nitrogen and oxygen atoms in total. The predicted octanol–water partition coefficient (Wildman–Crippen LogP) is 5.34. The molecule has 1 aliphatic carbocycles. The summed E-state index contributed by atoms with van der Waals surface area (Å²) >= 11 is 13.0. The number of benzene rings is 2. The lowest BCUT2D eigenvalue weighted by molar-refractivity contribution is -0.117. The summed E-state index contributed by atoms with van der Waals surface area (Å²) in [6, 6.07) is 13.1. The second-order valence-corrected chi connectivity index (χ2v) is 8.78. The molecule has 0 atom stereocenters. The molecular formula is C21H18ClN3O2S2. The smallest absolute Gasteiger partial charge is 0.269 e. The van der Waals surface area contributed by atoms with Gasteiger partial charge in [0.05, 0.1) is 5.02 Å². The number of anilines is 2. The van der Waals surface area contributed by atoms with Crippen LogP contribution in [0.3, 0.4) is 0 Å². The van der Waals surface area contributed by atoms with Gasteiger partial charge in [0.2, 0.25) is 5.91 Å². The Bertz CT molecular complexity index is 1140. The van der Waals surface area contributed by atoms with Crippen LogP contribution in [0.4, 0.5) is 11.4 Å². The van der Waals surface area contributed by atoms with Gasteiger partial charge >= 0.3 is 0 Å². The third-order valence-corrected chi connectivity index (χ3v) is 6.55. The van der Waals surface area contributed by atoms with E-state index in [0.29, 0.717) is 15.6 Å². The van der Waals surface area contributed by atoms with Gasteiger partial charge in [0.15, 0.2) is 5.11 Å². The lowest BCUT2D eigenvalue weighted by atomic mass is 10.1. The van der Waals surface area contributed by atoms with Crippen LogP contribution >= 0.6 is 35.2 Å². The number of aryl methyl sites for hydroxylation is 1. The maximum atomic E-state index is 12.6. The molecule has 0 spiro atoms. The van der Waals surface area contributed by atoms with E-state index in [9.17, 15) is 9.59 Å². The van der Waals surface area contributed by atoms with Gasteiger partial charge < -0.3 is 10.6 Å². The number of nitrogens with one attached hydrogen (secondary N) is 3. The number of thiocarbonyl (C=S) groups is 1. The summed E-state index contributed by atoms with van der Waals surface area (Å²) in [6.07, 6.45) is 1.89. The number of hydrogen-bond donors (Lipinski definition) is 3. The summed E-state index contributed by atoms with van der Waals surface area (Å²) in [7, 11) is 0. The largest absolute Gasteiger partial charge is 0.332 e. The van der Waals surface area contributed by atoms with Crippen molar-refractivity contribution >= 4 is 73.5 Å². The maximum absolute atomic E-state index is 12.6. The molecule has 3 N–H and O–H groups in total. The van der Waals surface area contributed by atoms with E-state index in [4.69, 9.17) is 23.8 Å². The van der Waals surface area contributed by atoms with E-state index in [1.165, 1.54) is 11.3 Å². The summed E-state index contributed by atoms with van der Waals surface area (Å²) in [6.45, 7) is 1.93. The van der Waals surface area contributed by atoms with Crippen molar-refractivity contribution in [1.29, 1.82) is 0 Å². The number of carbonyl (C=O) groups excluding carboxylic acids is 2. The lowest BCUT2D eigenvalue weighted by Gasteiger charge is -2.13. The Balaban J connectivity index is 1.44. The van der Waals surface area contributed by atoms with Gasteiger partial charge in [-0.1, -0.05) is 35.9 Å². The Morgan fingerprint density at radius 3 is 2.62 bits per heavy atom. The van der Waals surface area contributed by atoms with Crippen LogP contribution in [-0.4, -0.2) is 16.9 Å². The maximum Gasteiger partial charge on any atom is 0.269 e. The van der Waals surface area contributed by atoms with Crippen LogP contribution < -0.4 is 16.0 Å². The monoisotopic (exact) mass is 443 g/mol. The van der Waals surface area contributed by atoms with Gasteiger partial charge in [-0.25, -0.2) is 0 Å². The SMILES string of the molecule is Cc1ccc(NC(=S)NC(=O)c2sc3ccccc3c2Cl)cc1NC(=O)C1CC1. The molecule has 0 aliphatic heterocycles. The highest BCUT2D eigenvalue weighted by Crippen LogP contribution is 2.35. The van der Waals surface area contributed by atoms with Gasteiger partial charge in [-0.15, -0.1) is 11.3 Å². The second-order valence-electron chi connectivity index (χ2n) is 6.94. The third kappa shape index (κ3) is 4.42. The first-order valence-corrected chi connectivity index (χ1v) is 10.7. The molecule has 3 aromatic rings. The predicted molar refractivity (Wildman–Crippen MR) is 123 cm³/mol. The molecule has 0 saturated heterocycles. The van der Waals surface area contributed by atoms with Gasteiger partial charge in [0.1, 0.15) is 4.88 Å². The van der Waals surface area contributed by atoms with E-state index >= 15 is 0 Å². The van der Waals surface area contributed by atoms with Crippen molar-refractivity contribution in [1.82, 2.24) is 5.32 Å². The molecule has 0 radical (unpaired) electrons. The molecule has 148 valence electrons. The highest BCUT2D eigenvalue weighted by Gasteiger charge is 2.29. The first-order chi connectivity index (χ1) is 13.9. The number of carbonyl (C=O) groups is 2. The Morgan fingerprint density at radius 1 is 1.14 bits per heavy atom. The fraction of sp³-hybridized carbons (Fsp3) is 0.190. The molecule has 1 saturated carbocycles. The molecule has 29 heavy (non-hydrogen) atoms. The van der Waals surface area contributed by atoms with Gasteiger partial charge in [-0.05, 0) is 55.7 Å². The lowest BCUT2D eigenvalue weighted by Crippen LogP contribution is -2.33. The van der Waals surface area contributed by atoms with Crippen LogP contribution in [0, 0.1) is 12.8 Å². The molecule has 2 amide bonds. The van der Waals surface area contributed by atoms with Crippen molar-refractivity contribution in [3.05, 3.63) is 57.9 Å². The number of halogens is 1. The van der Waals surface area contributed by atoms with E-state index in [0.717, 1.165) is 34.2 Å². The third-order valence-electron chi connectivity index (χ3n) is 4.67. The van der Waals surface area contributed by atoms with E-state index in [-0.39, 0.29) is 22.8 Å². The van der Waals surface area contributed by atoms with Crippen molar-refractivity contribution in [3.8, 4) is 0 Å². The van der Waals surface area contributed by atoms with E-state index in [1.54, 1.807) is 6.07 Å². The summed E-state index contributed by atoms with van der Waals surface area (Å²) < 4.78 is 0.941. The van der Waals surface area contributed by atoms with E-state index < -0.39 is 0 Å². The van der Waals surface area contributed by atoms with Crippen LogP contribution in [0.15, 0.2) is 42.5 Å². The zero-order chi connectivity index (χ0) is 20.5. The van der Waals surface area contributed by atoms with Crippen molar-refractivity contribution in [3.63, 3.8) is 0 Å². The summed E-state index contributed by atoms with van der Waals surface area (Å²) in [5.74, 6) is -0.193. The minimum absolute atomic E-state index is 0.0422. The normalized spacial score (nSPS) is 13.2. The van der Waals surface area contributed by atoms with Gasteiger partial charge in [0, 0.05) is 27.4 Å². The number of hydrogen-bond acceptors (Lipinski definition) is 4. The first kappa shape index (κ1) is 19.8. The standard InChI is InChI=1S/C21H18ClN3O2S2/c1-11-6-9-13(10-15(11)24-19(26)12-7-8-12)23-21(28)25-20(27)18-17(22)14-4-2-3-5-16(14)29-18/h2-6,9-10,12H,7-8H2,1H3,(H,24,26)(H2,23,25,27,28). The van der Waals surface area contributed by atoms with Crippen molar-refractivity contribution in [2.75, 3.05) is 10.6 Å². The Hall–Kier alpha value is -2.48. The van der Waals surface area contributed by atoms with Crippen LogP contribution in [0.5, 0.6) is 0 Å². The summed E-state index contributed by atoms with van der Waals surface area (Å²) in [4.78, 5) is 25.1. The number of thiophene rings is 1. The zero-order valence-corrected chi connectivity index (χ0v) is 17.9. The zero-order valence-electron chi connectivity index (χ0n) is 15.5.